The molecular weight excluding hydrogens is 480 g/mol. The van der Waals surface area contributed by atoms with Crippen LogP contribution in [0.25, 0.3) is 11.1 Å². The van der Waals surface area contributed by atoms with Gasteiger partial charge < -0.3 is 18.9 Å². The van der Waals surface area contributed by atoms with Gasteiger partial charge in [0.25, 0.3) is 0 Å². The summed E-state index contributed by atoms with van der Waals surface area (Å²) in [6, 6.07) is 27.8. The van der Waals surface area contributed by atoms with E-state index in [2.05, 4.69) is 0 Å². The van der Waals surface area contributed by atoms with E-state index in [0.29, 0.717) is 45.3 Å². The molecule has 0 saturated heterocycles. The molecule has 192 valence electrons. The lowest BCUT2D eigenvalue weighted by Crippen LogP contribution is -2.12. The fourth-order valence-corrected chi connectivity index (χ4v) is 4.07. The molecule has 0 aliphatic carbocycles. The Morgan fingerprint density at radius 3 is 0.789 bits per heavy atom. The Morgan fingerprint density at radius 1 is 0.368 bits per heavy atom. The van der Waals surface area contributed by atoms with Gasteiger partial charge in [-0.3, -0.25) is 9.59 Å². The van der Waals surface area contributed by atoms with Crippen molar-refractivity contribution in [3.63, 3.8) is 0 Å². The van der Waals surface area contributed by atoms with E-state index in [1.54, 1.807) is 126 Å². The number of methoxy groups -OCH3 is 4. The van der Waals surface area contributed by atoms with Gasteiger partial charge in [-0.2, -0.15) is 0 Å². The van der Waals surface area contributed by atoms with Crippen LogP contribution in [-0.2, 0) is 0 Å². The van der Waals surface area contributed by atoms with Crippen molar-refractivity contribution in [3.05, 3.63) is 119 Å². The van der Waals surface area contributed by atoms with Crippen molar-refractivity contribution in [2.75, 3.05) is 28.4 Å². The molecule has 4 rings (SSSR count). The fourth-order valence-electron chi connectivity index (χ4n) is 4.07. The molecule has 0 radical (unpaired) electrons. The van der Waals surface area contributed by atoms with E-state index in [-0.39, 0.29) is 22.7 Å². The summed E-state index contributed by atoms with van der Waals surface area (Å²) in [5.41, 5.74) is 2.54. The summed E-state index contributed by atoms with van der Waals surface area (Å²) >= 11 is 0. The van der Waals surface area contributed by atoms with E-state index >= 15 is 0 Å². The second-order valence-corrected chi connectivity index (χ2v) is 8.32. The maximum Gasteiger partial charge on any atom is 0.194 e. The number of rotatable bonds is 10. The van der Waals surface area contributed by atoms with Crippen LogP contribution >= 0.6 is 0 Å². The van der Waals surface area contributed by atoms with E-state index in [4.69, 9.17) is 18.9 Å². The zero-order chi connectivity index (χ0) is 27.1. The number of hydrogen-bond acceptors (Lipinski definition) is 6. The second-order valence-electron chi connectivity index (χ2n) is 8.32. The van der Waals surface area contributed by atoms with Gasteiger partial charge in [0.05, 0.1) is 28.4 Å². The molecule has 0 saturated carbocycles. The van der Waals surface area contributed by atoms with Crippen molar-refractivity contribution < 1.29 is 28.5 Å². The van der Waals surface area contributed by atoms with Gasteiger partial charge in [-0.05, 0) is 83.9 Å². The quantitative estimate of drug-likeness (QED) is 0.140. The number of Topliss-reactive ketones (excluding diaryl/α,β-unsaturated/α-hetero) is 2. The Hall–Kier alpha value is -4.84. The lowest BCUT2D eigenvalue weighted by molar-refractivity contribution is 0.103. The second kappa shape index (κ2) is 11.9. The summed E-state index contributed by atoms with van der Waals surface area (Å²) in [4.78, 5) is 28.3. The number of carbonyl (C=O) groups excluding carboxylic acids is 2. The lowest BCUT2D eigenvalue weighted by atomic mass is 9.85. The van der Waals surface area contributed by atoms with Crippen LogP contribution in [-0.4, -0.2) is 40.0 Å². The monoisotopic (exact) mass is 508 g/mol. The van der Waals surface area contributed by atoms with Gasteiger partial charge in [-0.25, -0.2) is 0 Å². The van der Waals surface area contributed by atoms with Crippen molar-refractivity contribution in [3.8, 4) is 23.0 Å². The molecule has 38 heavy (non-hydrogen) atoms. The van der Waals surface area contributed by atoms with Crippen LogP contribution in [0.4, 0.5) is 0 Å². The molecule has 0 heterocycles. The summed E-state index contributed by atoms with van der Waals surface area (Å²) < 4.78 is 21.2. The first-order valence-corrected chi connectivity index (χ1v) is 11.9. The van der Waals surface area contributed by atoms with Crippen LogP contribution < -0.4 is 18.9 Å². The Morgan fingerprint density at radius 2 is 0.579 bits per heavy atom. The number of benzene rings is 4. The highest BCUT2D eigenvalue weighted by Crippen LogP contribution is 2.34. The first-order chi connectivity index (χ1) is 18.5. The third-order valence-electron chi connectivity index (χ3n) is 6.17. The average Bonchev–Trinajstić information content (AvgIpc) is 2.99. The van der Waals surface area contributed by atoms with Crippen LogP contribution in [0.1, 0.15) is 31.8 Å². The molecule has 0 fully saturated rings. The number of ketones is 2. The first-order valence-electron chi connectivity index (χ1n) is 11.9. The minimum atomic E-state index is -0.300. The topological polar surface area (TPSA) is 71.1 Å². The molecule has 0 spiro atoms. The zero-order valence-electron chi connectivity index (χ0n) is 21.7. The predicted molar refractivity (Wildman–Crippen MR) is 147 cm³/mol. The van der Waals surface area contributed by atoms with Gasteiger partial charge in [0, 0.05) is 22.3 Å². The number of ether oxygens (including phenoxy) is 4. The summed E-state index contributed by atoms with van der Waals surface area (Å²) in [7, 11) is 6.28. The van der Waals surface area contributed by atoms with E-state index in [1.807, 2.05) is 0 Å². The Kier molecular flexibility index (Phi) is 8.23. The van der Waals surface area contributed by atoms with Gasteiger partial charge >= 0.3 is 0 Å². The van der Waals surface area contributed by atoms with Crippen molar-refractivity contribution in [1.82, 2.24) is 0 Å². The third-order valence-corrected chi connectivity index (χ3v) is 6.17. The number of allylic oxidation sites excluding steroid dienone is 2. The number of hydrogen-bond donors (Lipinski definition) is 0. The average molecular weight is 509 g/mol. The lowest BCUT2D eigenvalue weighted by Gasteiger charge is -2.17. The smallest absolute Gasteiger partial charge is 0.194 e. The normalized spacial score (nSPS) is 11.3. The third kappa shape index (κ3) is 5.60. The van der Waals surface area contributed by atoms with E-state index in [0.717, 1.165) is 0 Å². The van der Waals surface area contributed by atoms with Crippen LogP contribution in [0.3, 0.4) is 0 Å². The van der Waals surface area contributed by atoms with Crippen molar-refractivity contribution in [1.29, 1.82) is 0 Å². The largest absolute Gasteiger partial charge is 0.497 e. The van der Waals surface area contributed by atoms with Gasteiger partial charge in [-0.1, -0.05) is 24.3 Å². The summed E-state index contributed by atoms with van der Waals surface area (Å²) in [5.74, 6) is 1.92. The van der Waals surface area contributed by atoms with Crippen LogP contribution in [0.5, 0.6) is 23.0 Å². The molecule has 6 nitrogen and oxygen atoms in total. The fraction of sp³-hybridized carbons (Fsp3) is 0.125. The van der Waals surface area contributed by atoms with Crippen molar-refractivity contribution in [2.24, 2.45) is 0 Å². The predicted octanol–water partition coefficient (Wildman–Crippen LogP) is 6.40. The Bertz CT molecular complexity index is 1320. The Labute approximate surface area is 222 Å². The maximum absolute atomic E-state index is 14.1. The molecule has 4 aromatic carbocycles. The highest BCUT2D eigenvalue weighted by atomic mass is 16.5. The van der Waals surface area contributed by atoms with Crippen LogP contribution in [0.2, 0.25) is 0 Å². The minimum absolute atomic E-state index is 0.267. The maximum atomic E-state index is 14.1. The molecular formula is C32H28O6. The van der Waals surface area contributed by atoms with Crippen molar-refractivity contribution in [2.45, 2.75) is 0 Å². The minimum Gasteiger partial charge on any atom is -0.497 e. The molecule has 0 N–H and O–H groups in total. The highest BCUT2D eigenvalue weighted by molar-refractivity contribution is 6.46. The standard InChI is InChI=1S/C32H28O6/c1-35-25-13-5-21(6-14-25)29(31(33)23-9-17-27(37-3)18-10-23)30(22-7-15-26(36-2)16-8-22)32(34)24-11-19-28(38-4)20-12-24/h5-20H,1-4H3/b30-29-. The molecule has 0 unspecified atom stereocenters. The summed E-state index contributed by atoms with van der Waals surface area (Å²) in [5, 5.41) is 0. The SMILES string of the molecule is COc1ccc(C(=O)/C(=C(\C(=O)c2ccc(OC)cc2)c2ccc(OC)cc2)c2ccc(OC)cc2)cc1. The Balaban J connectivity index is 2.00. The molecule has 6 heteroatoms. The number of carbonyl (C=O) groups is 2. The van der Waals surface area contributed by atoms with Crippen LogP contribution in [0.15, 0.2) is 97.1 Å². The van der Waals surface area contributed by atoms with E-state index in [1.165, 1.54) is 0 Å². The first kappa shape index (κ1) is 26.2. The van der Waals surface area contributed by atoms with Gasteiger partial charge in [0.15, 0.2) is 11.6 Å². The summed E-state index contributed by atoms with van der Waals surface area (Å²) in [6.07, 6.45) is 0. The van der Waals surface area contributed by atoms with Gasteiger partial charge in [0.1, 0.15) is 23.0 Å². The van der Waals surface area contributed by atoms with Gasteiger partial charge in [-0.15, -0.1) is 0 Å². The molecule has 0 aliphatic rings. The molecule has 4 aromatic rings. The molecule has 0 aliphatic heterocycles. The van der Waals surface area contributed by atoms with Crippen LogP contribution in [0, 0.1) is 0 Å². The molecule has 0 atom stereocenters. The summed E-state index contributed by atoms with van der Waals surface area (Å²) in [6.45, 7) is 0. The molecule has 0 amide bonds. The molecule has 0 bridgehead atoms. The highest BCUT2D eigenvalue weighted by Gasteiger charge is 2.26. The van der Waals surface area contributed by atoms with E-state index in [9.17, 15) is 9.59 Å². The van der Waals surface area contributed by atoms with Gasteiger partial charge in [0.2, 0.25) is 0 Å². The zero-order valence-corrected chi connectivity index (χ0v) is 21.7. The van der Waals surface area contributed by atoms with Crippen molar-refractivity contribution >= 4 is 22.7 Å². The molecule has 0 aromatic heterocycles. The van der Waals surface area contributed by atoms with E-state index < -0.39 is 0 Å².